The summed E-state index contributed by atoms with van der Waals surface area (Å²) in [5.41, 5.74) is 3.43. The Bertz CT molecular complexity index is 693. The first-order valence-corrected chi connectivity index (χ1v) is 12.2. The minimum atomic E-state index is -1.58. The zero-order valence-electron chi connectivity index (χ0n) is 19.7. The monoisotopic (exact) mass is 416 g/mol. The molecule has 0 spiro atoms. The van der Waals surface area contributed by atoms with Crippen LogP contribution < -0.4 is 0 Å². The molecule has 3 fully saturated rings. The molecule has 0 aromatic carbocycles. The van der Waals surface area contributed by atoms with Crippen LogP contribution in [0.2, 0.25) is 0 Å². The van der Waals surface area contributed by atoms with E-state index in [1.165, 1.54) is 38.5 Å². The van der Waals surface area contributed by atoms with Crippen LogP contribution in [0.1, 0.15) is 98.3 Å². The summed E-state index contributed by atoms with van der Waals surface area (Å²) < 4.78 is 0. The minimum Gasteiger partial charge on any atom is -0.390 e. The van der Waals surface area contributed by atoms with E-state index in [9.17, 15) is 15.3 Å². The van der Waals surface area contributed by atoms with Crippen molar-refractivity contribution in [1.82, 2.24) is 0 Å². The molecule has 0 radical (unpaired) electrons. The van der Waals surface area contributed by atoms with E-state index >= 15 is 0 Å². The van der Waals surface area contributed by atoms with Gasteiger partial charge >= 0.3 is 0 Å². The lowest BCUT2D eigenvalue weighted by molar-refractivity contribution is -0.166. The first-order chi connectivity index (χ1) is 13.9. The van der Waals surface area contributed by atoms with Crippen molar-refractivity contribution < 1.29 is 15.3 Å². The van der Waals surface area contributed by atoms with Crippen LogP contribution in [0.3, 0.4) is 0 Å². The summed E-state index contributed by atoms with van der Waals surface area (Å²) in [6, 6.07) is 0. The van der Waals surface area contributed by atoms with Gasteiger partial charge in [0.25, 0.3) is 0 Å². The first-order valence-electron chi connectivity index (χ1n) is 12.2. The van der Waals surface area contributed by atoms with Gasteiger partial charge in [-0.1, -0.05) is 56.6 Å². The molecule has 3 saturated carbocycles. The zero-order valence-corrected chi connectivity index (χ0v) is 19.7. The van der Waals surface area contributed by atoms with Gasteiger partial charge in [0, 0.05) is 12.8 Å². The van der Waals surface area contributed by atoms with Crippen LogP contribution in [-0.4, -0.2) is 26.7 Å². The van der Waals surface area contributed by atoms with Crippen molar-refractivity contribution in [3.8, 4) is 0 Å². The highest BCUT2D eigenvalue weighted by Gasteiger charge is 2.50. The fourth-order valence-electron chi connectivity index (χ4n) is 6.69. The molecule has 170 valence electrons. The van der Waals surface area contributed by atoms with E-state index in [4.69, 9.17) is 0 Å². The van der Waals surface area contributed by atoms with Crippen molar-refractivity contribution in [3.63, 3.8) is 0 Å². The van der Waals surface area contributed by atoms with Crippen LogP contribution in [-0.2, 0) is 0 Å². The van der Waals surface area contributed by atoms with Crippen LogP contribution in [0.4, 0.5) is 0 Å². The average Bonchev–Trinajstić information content (AvgIpc) is 2.99. The second-order valence-electron chi connectivity index (χ2n) is 11.5. The van der Waals surface area contributed by atoms with Gasteiger partial charge in [0.15, 0.2) is 5.79 Å². The van der Waals surface area contributed by atoms with Gasteiger partial charge in [-0.05, 0) is 87.5 Å². The topological polar surface area (TPSA) is 60.7 Å². The molecule has 3 heteroatoms. The first kappa shape index (κ1) is 23.8. The van der Waals surface area contributed by atoms with Gasteiger partial charge in [-0.2, -0.15) is 0 Å². The maximum atomic E-state index is 10.0. The van der Waals surface area contributed by atoms with Crippen molar-refractivity contribution >= 4 is 0 Å². The largest absolute Gasteiger partial charge is 0.390 e. The van der Waals surface area contributed by atoms with Crippen molar-refractivity contribution in [3.05, 3.63) is 35.5 Å². The Hall–Kier alpha value is -0.900. The number of hydrogen-bond acceptors (Lipinski definition) is 3. The molecule has 3 aliphatic rings. The van der Waals surface area contributed by atoms with E-state index in [0.717, 1.165) is 29.9 Å². The number of allylic oxidation sites excluding steroid dienone is 4. The number of rotatable bonds is 6. The van der Waals surface area contributed by atoms with Crippen molar-refractivity contribution in [2.75, 3.05) is 0 Å². The second kappa shape index (κ2) is 8.92. The molecule has 3 N–H and O–H groups in total. The van der Waals surface area contributed by atoms with Crippen LogP contribution in [0.25, 0.3) is 0 Å². The molecule has 3 rings (SSSR count). The van der Waals surface area contributed by atoms with Crippen LogP contribution in [0.15, 0.2) is 35.5 Å². The third-order valence-corrected chi connectivity index (χ3v) is 8.43. The highest BCUT2D eigenvalue weighted by molar-refractivity contribution is 5.36. The second-order valence-corrected chi connectivity index (χ2v) is 11.5. The number of fused-ring (bicyclic) bond motifs is 1. The molecule has 3 aliphatic carbocycles. The molecule has 0 saturated heterocycles. The van der Waals surface area contributed by atoms with E-state index in [-0.39, 0.29) is 0 Å². The fraction of sp³-hybridized carbons (Fsp3) is 0.778. The van der Waals surface area contributed by atoms with Crippen molar-refractivity contribution in [1.29, 1.82) is 0 Å². The SMILES string of the molecule is C=C1CCC(O)(O)C/C1=C/C=C1CCC[C@@]2(C)C1CC[C@@H]2[C@H](C)CCCC(C)(C)O. The Labute approximate surface area is 184 Å². The lowest BCUT2D eigenvalue weighted by Gasteiger charge is -2.44. The Kier molecular flexibility index (Phi) is 7.06. The maximum absolute atomic E-state index is 10.0. The Morgan fingerprint density at radius 1 is 1.17 bits per heavy atom. The Morgan fingerprint density at radius 3 is 2.60 bits per heavy atom. The quantitative estimate of drug-likeness (QED) is 0.462. The minimum absolute atomic E-state index is 0.290. The smallest absolute Gasteiger partial charge is 0.166 e. The molecule has 0 bridgehead atoms. The van der Waals surface area contributed by atoms with Gasteiger partial charge in [-0.25, -0.2) is 0 Å². The summed E-state index contributed by atoms with van der Waals surface area (Å²) in [5, 5.41) is 30.1. The highest BCUT2D eigenvalue weighted by atomic mass is 16.5. The third kappa shape index (κ3) is 5.47. The maximum Gasteiger partial charge on any atom is 0.166 e. The molecular formula is C27H44O3. The Balaban J connectivity index is 1.70. The summed E-state index contributed by atoms with van der Waals surface area (Å²) in [6.45, 7) is 12.9. The van der Waals surface area contributed by atoms with Gasteiger partial charge in [0.2, 0.25) is 0 Å². The standard InChI is InChI=1S/C27H44O3/c1-19-14-17-27(29,30)18-22(19)11-10-21-9-7-16-26(5)23(12-13-24(21)26)20(2)8-6-15-25(3,4)28/h10-11,20,23-24,28-30H,1,6-9,12-18H2,2-5H3/b21-10?,22-11-/t20-,23-,24?,26-/m1/s1. The molecule has 0 heterocycles. The normalized spacial score (nSPS) is 35.6. The molecule has 0 amide bonds. The fourth-order valence-corrected chi connectivity index (χ4v) is 6.69. The van der Waals surface area contributed by atoms with Gasteiger partial charge < -0.3 is 15.3 Å². The third-order valence-electron chi connectivity index (χ3n) is 8.43. The van der Waals surface area contributed by atoms with E-state index in [1.807, 2.05) is 13.8 Å². The summed E-state index contributed by atoms with van der Waals surface area (Å²) in [4.78, 5) is 0. The predicted octanol–water partition coefficient (Wildman–Crippen LogP) is 6.05. The van der Waals surface area contributed by atoms with Gasteiger partial charge in [0.1, 0.15) is 0 Å². The van der Waals surface area contributed by atoms with Gasteiger partial charge in [-0.3, -0.25) is 0 Å². The summed E-state index contributed by atoms with van der Waals surface area (Å²) in [5.74, 6) is 0.522. The highest BCUT2D eigenvalue weighted by Crippen LogP contribution is 2.60. The lowest BCUT2D eigenvalue weighted by Crippen LogP contribution is -2.36. The predicted molar refractivity (Wildman–Crippen MR) is 124 cm³/mol. The average molecular weight is 417 g/mol. The summed E-state index contributed by atoms with van der Waals surface area (Å²) in [6.07, 6.45) is 15.3. The molecule has 1 unspecified atom stereocenters. The number of hydrogen-bond donors (Lipinski definition) is 3. The molecule has 30 heavy (non-hydrogen) atoms. The van der Waals surface area contributed by atoms with Crippen molar-refractivity contribution in [2.45, 2.75) is 110 Å². The van der Waals surface area contributed by atoms with Crippen LogP contribution in [0.5, 0.6) is 0 Å². The molecule has 3 nitrogen and oxygen atoms in total. The Morgan fingerprint density at radius 2 is 1.90 bits per heavy atom. The zero-order chi connectivity index (χ0) is 22.2. The van der Waals surface area contributed by atoms with E-state index in [1.54, 1.807) is 5.57 Å². The summed E-state index contributed by atoms with van der Waals surface area (Å²) in [7, 11) is 0. The van der Waals surface area contributed by atoms with Gasteiger partial charge in [-0.15, -0.1) is 0 Å². The van der Waals surface area contributed by atoms with Gasteiger partial charge in [0.05, 0.1) is 5.60 Å². The van der Waals surface area contributed by atoms with E-state index < -0.39 is 11.4 Å². The molecule has 0 aromatic heterocycles. The van der Waals surface area contributed by atoms with E-state index in [2.05, 4.69) is 32.6 Å². The van der Waals surface area contributed by atoms with Crippen molar-refractivity contribution in [2.24, 2.45) is 23.2 Å². The molecule has 4 atom stereocenters. The van der Waals surface area contributed by atoms with Crippen LogP contribution in [0, 0.1) is 23.2 Å². The summed E-state index contributed by atoms with van der Waals surface area (Å²) >= 11 is 0. The lowest BCUT2D eigenvalue weighted by atomic mass is 9.60. The van der Waals surface area contributed by atoms with E-state index in [0.29, 0.717) is 36.5 Å². The molecule has 0 aliphatic heterocycles. The number of aliphatic hydroxyl groups is 3. The molecule has 0 aromatic rings. The molecular weight excluding hydrogens is 372 g/mol. The van der Waals surface area contributed by atoms with Crippen LogP contribution >= 0.6 is 0 Å².